The molecule has 1 aliphatic rings. The zero-order valence-corrected chi connectivity index (χ0v) is 16.4. The van der Waals surface area contributed by atoms with Gasteiger partial charge in [0.1, 0.15) is 12.1 Å². The van der Waals surface area contributed by atoms with E-state index in [9.17, 15) is 14.0 Å². The molecule has 0 atom stereocenters. The number of benzene rings is 2. The van der Waals surface area contributed by atoms with Crippen molar-refractivity contribution in [2.24, 2.45) is 0 Å². The van der Waals surface area contributed by atoms with E-state index in [1.807, 2.05) is 18.2 Å². The SMILES string of the molecule is O=CCc1cc(Cl)c2cccnc2c1N1CCN(C(=O)c2ccccc2F)CC1. The van der Waals surface area contributed by atoms with E-state index >= 15 is 0 Å². The zero-order chi connectivity index (χ0) is 20.4. The molecule has 2 heterocycles. The van der Waals surface area contributed by atoms with E-state index in [4.69, 9.17) is 11.6 Å². The van der Waals surface area contributed by atoms with Crippen LogP contribution in [0.3, 0.4) is 0 Å². The number of aromatic nitrogens is 1. The summed E-state index contributed by atoms with van der Waals surface area (Å²) in [5, 5.41) is 1.38. The molecular weight excluding hydrogens is 393 g/mol. The maximum Gasteiger partial charge on any atom is 0.256 e. The highest BCUT2D eigenvalue weighted by atomic mass is 35.5. The minimum absolute atomic E-state index is 0.0844. The Labute approximate surface area is 172 Å². The second kappa shape index (κ2) is 8.17. The molecule has 0 saturated carbocycles. The summed E-state index contributed by atoms with van der Waals surface area (Å²) in [7, 11) is 0. The Hall–Kier alpha value is -2.99. The molecule has 4 rings (SSSR count). The first kappa shape index (κ1) is 19.3. The lowest BCUT2D eigenvalue weighted by Gasteiger charge is -2.37. The summed E-state index contributed by atoms with van der Waals surface area (Å²) in [4.78, 5) is 32.2. The topological polar surface area (TPSA) is 53.5 Å². The van der Waals surface area contributed by atoms with Gasteiger partial charge in [0.15, 0.2) is 0 Å². The van der Waals surface area contributed by atoms with Crippen LogP contribution >= 0.6 is 11.6 Å². The first-order valence-corrected chi connectivity index (χ1v) is 9.76. The minimum Gasteiger partial charge on any atom is -0.366 e. The summed E-state index contributed by atoms with van der Waals surface area (Å²) < 4.78 is 14.0. The fourth-order valence-electron chi connectivity index (χ4n) is 3.77. The lowest BCUT2D eigenvalue weighted by Crippen LogP contribution is -2.49. The van der Waals surface area contributed by atoms with E-state index < -0.39 is 5.82 Å². The molecule has 148 valence electrons. The molecule has 2 aromatic carbocycles. The minimum atomic E-state index is -0.513. The van der Waals surface area contributed by atoms with Gasteiger partial charge in [-0.25, -0.2) is 4.39 Å². The van der Waals surface area contributed by atoms with E-state index in [2.05, 4.69) is 9.88 Å². The van der Waals surface area contributed by atoms with Gasteiger partial charge in [-0.3, -0.25) is 9.78 Å². The number of amides is 1. The Kier molecular flexibility index (Phi) is 5.45. The third-order valence-electron chi connectivity index (χ3n) is 5.19. The average molecular weight is 412 g/mol. The Morgan fingerprint density at radius 2 is 1.90 bits per heavy atom. The Morgan fingerprint density at radius 3 is 2.62 bits per heavy atom. The number of hydrogen-bond donors (Lipinski definition) is 0. The predicted molar refractivity (Wildman–Crippen MR) is 111 cm³/mol. The summed E-state index contributed by atoms with van der Waals surface area (Å²) >= 11 is 6.39. The van der Waals surface area contributed by atoms with Crippen LogP contribution in [0.2, 0.25) is 5.02 Å². The highest BCUT2D eigenvalue weighted by Gasteiger charge is 2.26. The third kappa shape index (κ3) is 3.68. The number of carbonyl (C=O) groups is 2. The van der Waals surface area contributed by atoms with Crippen LogP contribution in [-0.2, 0) is 11.2 Å². The fraction of sp³-hybridized carbons (Fsp3) is 0.227. The van der Waals surface area contributed by atoms with Crippen molar-refractivity contribution in [3.8, 4) is 0 Å². The van der Waals surface area contributed by atoms with Crippen molar-refractivity contribution in [2.75, 3.05) is 31.1 Å². The van der Waals surface area contributed by atoms with E-state index in [-0.39, 0.29) is 17.9 Å². The number of anilines is 1. The van der Waals surface area contributed by atoms with Crippen molar-refractivity contribution >= 4 is 40.4 Å². The monoisotopic (exact) mass is 411 g/mol. The summed E-state index contributed by atoms with van der Waals surface area (Å²) in [6.45, 7) is 2.01. The molecule has 0 aliphatic carbocycles. The number of pyridine rings is 1. The molecule has 0 unspecified atom stereocenters. The highest BCUT2D eigenvalue weighted by molar-refractivity contribution is 6.36. The Balaban J connectivity index is 1.62. The van der Waals surface area contributed by atoms with Crippen molar-refractivity contribution in [3.05, 3.63) is 70.6 Å². The maximum atomic E-state index is 14.0. The molecule has 1 amide bonds. The van der Waals surface area contributed by atoms with Crippen LogP contribution in [-0.4, -0.2) is 48.3 Å². The molecule has 1 saturated heterocycles. The number of hydrogen-bond acceptors (Lipinski definition) is 4. The van der Waals surface area contributed by atoms with Gasteiger partial charge in [0.25, 0.3) is 5.91 Å². The molecular formula is C22H19ClFN3O2. The molecule has 0 bridgehead atoms. The summed E-state index contributed by atoms with van der Waals surface area (Å²) in [5.74, 6) is -0.823. The van der Waals surface area contributed by atoms with E-state index in [1.165, 1.54) is 12.1 Å². The number of nitrogens with zero attached hydrogens (tertiary/aromatic N) is 3. The molecule has 29 heavy (non-hydrogen) atoms. The number of aldehydes is 1. The number of piperazine rings is 1. The van der Waals surface area contributed by atoms with Crippen LogP contribution in [0, 0.1) is 5.82 Å². The summed E-state index contributed by atoms with van der Waals surface area (Å²) in [6.07, 6.45) is 2.78. The molecule has 0 N–H and O–H groups in total. The molecule has 1 aromatic heterocycles. The normalized spacial score (nSPS) is 14.3. The first-order valence-electron chi connectivity index (χ1n) is 9.38. The smallest absolute Gasteiger partial charge is 0.256 e. The third-order valence-corrected chi connectivity index (χ3v) is 5.50. The number of fused-ring (bicyclic) bond motifs is 1. The van der Waals surface area contributed by atoms with Gasteiger partial charge in [0, 0.05) is 44.2 Å². The molecule has 0 spiro atoms. The van der Waals surface area contributed by atoms with Crippen LogP contribution in [0.25, 0.3) is 10.9 Å². The maximum absolute atomic E-state index is 14.0. The fourth-order valence-corrected chi connectivity index (χ4v) is 4.06. The van der Waals surface area contributed by atoms with Gasteiger partial charge in [-0.05, 0) is 35.9 Å². The molecule has 7 heteroatoms. The number of rotatable bonds is 4. The predicted octanol–water partition coefficient (Wildman–Crippen LogP) is 3.73. The van der Waals surface area contributed by atoms with Crippen molar-refractivity contribution in [1.82, 2.24) is 9.88 Å². The van der Waals surface area contributed by atoms with Crippen molar-refractivity contribution < 1.29 is 14.0 Å². The lowest BCUT2D eigenvalue weighted by molar-refractivity contribution is -0.107. The van der Waals surface area contributed by atoms with E-state index in [1.54, 1.807) is 23.2 Å². The van der Waals surface area contributed by atoms with E-state index in [0.29, 0.717) is 31.2 Å². The van der Waals surface area contributed by atoms with Crippen LogP contribution in [0.1, 0.15) is 15.9 Å². The van der Waals surface area contributed by atoms with Gasteiger partial charge >= 0.3 is 0 Å². The van der Waals surface area contributed by atoms with Gasteiger partial charge in [-0.15, -0.1) is 0 Å². The van der Waals surface area contributed by atoms with Gasteiger partial charge in [-0.1, -0.05) is 23.7 Å². The zero-order valence-electron chi connectivity index (χ0n) is 15.6. The molecule has 3 aromatic rings. The summed E-state index contributed by atoms with van der Waals surface area (Å²) in [5.41, 5.74) is 2.51. The van der Waals surface area contributed by atoms with Crippen molar-refractivity contribution in [3.63, 3.8) is 0 Å². The van der Waals surface area contributed by atoms with Gasteiger partial charge in [-0.2, -0.15) is 0 Å². The summed E-state index contributed by atoms with van der Waals surface area (Å²) in [6, 6.07) is 11.6. The van der Waals surface area contributed by atoms with Crippen LogP contribution < -0.4 is 4.90 Å². The van der Waals surface area contributed by atoms with Gasteiger partial charge in [0.05, 0.1) is 21.8 Å². The van der Waals surface area contributed by atoms with Gasteiger partial charge in [0.2, 0.25) is 0 Å². The molecule has 0 radical (unpaired) electrons. The largest absolute Gasteiger partial charge is 0.366 e. The van der Waals surface area contributed by atoms with Gasteiger partial charge < -0.3 is 14.6 Å². The molecule has 5 nitrogen and oxygen atoms in total. The number of halogens is 2. The second-order valence-corrected chi connectivity index (χ2v) is 7.30. The Morgan fingerprint density at radius 1 is 1.14 bits per heavy atom. The standard InChI is InChI=1S/C22H19ClFN3O2/c23-18-14-15(7-13-28)21(20-16(18)5-3-8-25-20)26-9-11-27(12-10-26)22(29)17-4-1-2-6-19(17)24/h1-6,8,13-14H,7,9-12H2. The quantitative estimate of drug-likeness (QED) is 0.614. The van der Waals surface area contributed by atoms with Crippen LogP contribution in [0.4, 0.5) is 10.1 Å². The first-order chi connectivity index (χ1) is 14.1. The van der Waals surface area contributed by atoms with E-state index in [0.717, 1.165) is 28.4 Å². The lowest BCUT2D eigenvalue weighted by atomic mass is 10.0. The number of carbonyl (C=O) groups excluding carboxylic acids is 2. The van der Waals surface area contributed by atoms with Crippen molar-refractivity contribution in [1.29, 1.82) is 0 Å². The average Bonchev–Trinajstić information content (AvgIpc) is 2.74. The van der Waals surface area contributed by atoms with Crippen LogP contribution in [0.15, 0.2) is 48.7 Å². The highest BCUT2D eigenvalue weighted by Crippen LogP contribution is 2.35. The van der Waals surface area contributed by atoms with Crippen LogP contribution in [0.5, 0.6) is 0 Å². The molecule has 1 fully saturated rings. The molecule has 1 aliphatic heterocycles. The Bertz CT molecular complexity index is 1080. The second-order valence-electron chi connectivity index (χ2n) is 6.90. The van der Waals surface area contributed by atoms with Crippen molar-refractivity contribution in [2.45, 2.75) is 6.42 Å².